The van der Waals surface area contributed by atoms with Crippen molar-refractivity contribution in [2.24, 2.45) is 0 Å². The molecule has 45 heavy (non-hydrogen) atoms. The summed E-state index contributed by atoms with van der Waals surface area (Å²) in [6.07, 6.45) is 0.00407. The van der Waals surface area contributed by atoms with Crippen molar-refractivity contribution in [2.75, 3.05) is 26.2 Å². The van der Waals surface area contributed by atoms with Crippen LogP contribution in [-0.4, -0.2) is 52.8 Å². The van der Waals surface area contributed by atoms with Crippen molar-refractivity contribution in [2.45, 2.75) is 66.2 Å². The van der Waals surface area contributed by atoms with Crippen molar-refractivity contribution in [3.63, 3.8) is 0 Å². The highest BCUT2D eigenvalue weighted by atomic mass is 19.4. The molecule has 1 aliphatic heterocycles. The maximum absolute atomic E-state index is 12.6. The first-order valence-electron chi connectivity index (χ1n) is 15.8. The molecule has 7 heteroatoms. The van der Waals surface area contributed by atoms with E-state index in [1.165, 1.54) is 56.2 Å². The van der Waals surface area contributed by atoms with Gasteiger partial charge in [-0.2, -0.15) is 13.2 Å². The summed E-state index contributed by atoms with van der Waals surface area (Å²) >= 11 is 0. The van der Waals surface area contributed by atoms with Gasteiger partial charge in [-0.15, -0.1) is 0 Å². The van der Waals surface area contributed by atoms with E-state index in [0.717, 1.165) is 37.3 Å². The maximum atomic E-state index is 12.6. The molecule has 1 unspecified atom stereocenters. The Hall–Kier alpha value is -3.81. The van der Waals surface area contributed by atoms with Gasteiger partial charge in [0.05, 0.1) is 11.3 Å². The molecule has 0 spiro atoms. The van der Waals surface area contributed by atoms with Gasteiger partial charge in [-0.3, -0.25) is 19.6 Å². The van der Waals surface area contributed by atoms with Gasteiger partial charge >= 0.3 is 6.18 Å². The maximum Gasteiger partial charge on any atom is 0.416 e. The number of carbonyl (C=O) groups excluding carboxylic acids is 1. The van der Waals surface area contributed by atoms with E-state index < -0.39 is 11.7 Å². The smallest absolute Gasteiger partial charge is 0.297 e. The Morgan fingerprint density at radius 1 is 0.844 bits per heavy atom. The predicted octanol–water partition coefficient (Wildman–Crippen LogP) is 8.58. The monoisotopic (exact) mass is 615 g/mol. The number of piperazine rings is 1. The molecule has 1 aliphatic carbocycles. The van der Waals surface area contributed by atoms with Crippen LogP contribution in [0.3, 0.4) is 0 Å². The molecule has 0 amide bonds. The Balaban J connectivity index is 0.000000196. The summed E-state index contributed by atoms with van der Waals surface area (Å²) in [5, 5.41) is 0. The van der Waals surface area contributed by atoms with Crippen LogP contribution in [0.5, 0.6) is 0 Å². The molecule has 0 bridgehead atoms. The van der Waals surface area contributed by atoms with Crippen molar-refractivity contribution in [3.05, 3.63) is 124 Å². The second-order valence-corrected chi connectivity index (χ2v) is 11.6. The second-order valence-electron chi connectivity index (χ2n) is 11.6. The number of carbonyl (C=O) groups is 1. The molecule has 2 aliphatic rings. The van der Waals surface area contributed by atoms with E-state index in [9.17, 15) is 18.0 Å². The van der Waals surface area contributed by atoms with Crippen LogP contribution < -0.4 is 0 Å². The highest BCUT2D eigenvalue weighted by Gasteiger charge is 2.31. The minimum absolute atomic E-state index is 0.108. The van der Waals surface area contributed by atoms with Crippen LogP contribution in [-0.2, 0) is 25.6 Å². The zero-order valence-corrected chi connectivity index (χ0v) is 27.0. The molecule has 6 rings (SSSR count). The molecule has 4 aromatic rings. The van der Waals surface area contributed by atoms with Crippen LogP contribution in [0.2, 0.25) is 0 Å². The van der Waals surface area contributed by atoms with E-state index in [0.29, 0.717) is 22.7 Å². The average Bonchev–Trinajstić information content (AvgIpc) is 3.46. The molecule has 1 aromatic heterocycles. The van der Waals surface area contributed by atoms with E-state index in [1.54, 1.807) is 23.3 Å². The first kappa shape index (κ1) is 34.1. The fourth-order valence-corrected chi connectivity index (χ4v) is 6.16. The van der Waals surface area contributed by atoms with Gasteiger partial charge in [0.1, 0.15) is 0 Å². The lowest BCUT2D eigenvalue weighted by atomic mass is 9.93. The number of aromatic nitrogens is 1. The number of Topliss-reactive ketones (excluding diaryl/α,β-unsaturated/α-hetero) is 1. The predicted molar refractivity (Wildman–Crippen MR) is 176 cm³/mol. The first-order chi connectivity index (χ1) is 21.6. The van der Waals surface area contributed by atoms with Crippen LogP contribution in [0.25, 0.3) is 11.1 Å². The second kappa shape index (κ2) is 15.5. The molecule has 2 heterocycles. The number of ketones is 1. The van der Waals surface area contributed by atoms with Gasteiger partial charge in [0.25, 0.3) is 0 Å². The lowest BCUT2D eigenvalue weighted by molar-refractivity contribution is -0.137. The minimum atomic E-state index is -4.35. The molecular weight excluding hydrogens is 571 g/mol. The summed E-state index contributed by atoms with van der Waals surface area (Å²) in [5.74, 6) is -0.108. The summed E-state index contributed by atoms with van der Waals surface area (Å²) in [7, 11) is 0. The molecule has 0 saturated carbocycles. The SMILES string of the molecule is CC.CC(=O)c1cccc(C)c1-c1ccc(C(F)(F)F)cc1.Cc1ccc2c(c1)CC(N1CCN(Cc3ccccn3)CC1)C2. The van der Waals surface area contributed by atoms with E-state index >= 15 is 0 Å². The average molecular weight is 616 g/mol. The number of hydrogen-bond acceptors (Lipinski definition) is 4. The Morgan fingerprint density at radius 2 is 1.53 bits per heavy atom. The number of pyridine rings is 1. The molecule has 0 radical (unpaired) electrons. The van der Waals surface area contributed by atoms with E-state index in [1.807, 2.05) is 39.1 Å². The number of benzene rings is 3. The van der Waals surface area contributed by atoms with Crippen LogP contribution in [0.1, 0.15) is 64.6 Å². The largest absolute Gasteiger partial charge is 0.416 e. The van der Waals surface area contributed by atoms with Gasteiger partial charge in [0, 0.05) is 50.5 Å². The summed E-state index contributed by atoms with van der Waals surface area (Å²) < 4.78 is 37.7. The molecule has 4 nitrogen and oxygen atoms in total. The Labute approximate surface area is 265 Å². The zero-order valence-electron chi connectivity index (χ0n) is 27.0. The third-order valence-corrected chi connectivity index (χ3v) is 8.46. The molecule has 1 fully saturated rings. The summed E-state index contributed by atoms with van der Waals surface area (Å²) in [6, 6.07) is 24.0. The molecule has 3 aromatic carbocycles. The van der Waals surface area contributed by atoms with Crippen LogP contribution in [0.4, 0.5) is 13.2 Å². The van der Waals surface area contributed by atoms with E-state index in [-0.39, 0.29) is 5.78 Å². The van der Waals surface area contributed by atoms with Gasteiger partial charge < -0.3 is 0 Å². The first-order valence-corrected chi connectivity index (χ1v) is 15.8. The van der Waals surface area contributed by atoms with Gasteiger partial charge in [-0.25, -0.2) is 0 Å². The third-order valence-electron chi connectivity index (χ3n) is 8.46. The molecule has 0 N–H and O–H groups in total. The number of alkyl halides is 3. The topological polar surface area (TPSA) is 36.4 Å². The van der Waals surface area contributed by atoms with Gasteiger partial charge in [-0.1, -0.05) is 74.0 Å². The lowest BCUT2D eigenvalue weighted by Gasteiger charge is -2.37. The van der Waals surface area contributed by atoms with Crippen molar-refractivity contribution >= 4 is 5.78 Å². The Morgan fingerprint density at radius 3 is 2.16 bits per heavy atom. The number of halogens is 3. The normalized spacial score (nSPS) is 16.6. The number of hydrogen-bond donors (Lipinski definition) is 0. The van der Waals surface area contributed by atoms with Crippen LogP contribution in [0, 0.1) is 13.8 Å². The van der Waals surface area contributed by atoms with Crippen molar-refractivity contribution in [3.8, 4) is 11.1 Å². The quantitative estimate of drug-likeness (QED) is 0.211. The van der Waals surface area contributed by atoms with Gasteiger partial charge in [0.2, 0.25) is 0 Å². The van der Waals surface area contributed by atoms with Gasteiger partial charge in [0.15, 0.2) is 5.78 Å². The minimum Gasteiger partial charge on any atom is -0.297 e. The molecule has 238 valence electrons. The van der Waals surface area contributed by atoms with Crippen LogP contribution in [0.15, 0.2) is 85.1 Å². The van der Waals surface area contributed by atoms with Gasteiger partial charge in [-0.05, 0) is 85.7 Å². The van der Waals surface area contributed by atoms with Crippen molar-refractivity contribution < 1.29 is 18.0 Å². The standard InChI is InChI=1S/C20H25N3.C16H13F3O.C2H6/c1-16-5-6-17-13-20(14-18(17)12-16)23-10-8-22(9-11-23)15-19-4-2-3-7-21-19;1-10-4-3-5-14(11(2)20)15(10)12-6-8-13(9-7-12)16(17,18)19;1-2/h2-7,12,20H,8-11,13-15H2,1H3;3-9H,1-2H3;1-2H3. The highest BCUT2D eigenvalue weighted by molar-refractivity contribution is 6.01. The number of fused-ring (bicyclic) bond motifs is 1. The fourth-order valence-electron chi connectivity index (χ4n) is 6.16. The summed E-state index contributed by atoms with van der Waals surface area (Å²) in [4.78, 5) is 21.3. The van der Waals surface area contributed by atoms with E-state index in [4.69, 9.17) is 0 Å². The summed E-state index contributed by atoms with van der Waals surface area (Å²) in [6.45, 7) is 15.1. The number of aryl methyl sites for hydroxylation is 2. The van der Waals surface area contributed by atoms with Crippen molar-refractivity contribution in [1.82, 2.24) is 14.8 Å². The number of rotatable bonds is 5. The Kier molecular flexibility index (Phi) is 11.7. The molecular formula is C38H44F3N3O. The van der Waals surface area contributed by atoms with Crippen molar-refractivity contribution in [1.29, 1.82) is 0 Å². The summed E-state index contributed by atoms with van der Waals surface area (Å²) in [5.41, 5.74) is 7.70. The fraction of sp³-hybridized carbons (Fsp3) is 0.368. The molecule has 1 saturated heterocycles. The van der Waals surface area contributed by atoms with E-state index in [2.05, 4.69) is 52.0 Å². The lowest BCUT2D eigenvalue weighted by Crippen LogP contribution is -2.50. The Bertz CT molecular complexity index is 1540. The number of nitrogens with zero attached hydrogens (tertiary/aromatic N) is 3. The molecule has 1 atom stereocenters. The van der Waals surface area contributed by atoms with Crippen LogP contribution >= 0.6 is 0 Å². The highest BCUT2D eigenvalue weighted by Crippen LogP contribution is 2.33. The third kappa shape index (κ3) is 8.89. The zero-order chi connectivity index (χ0) is 32.6.